The maximum atomic E-state index is 13.0. The zero-order valence-electron chi connectivity index (χ0n) is 21.5. The summed E-state index contributed by atoms with van der Waals surface area (Å²) in [6, 6.07) is 2.46. The standard InChI is InChI=1S/C26H37N5O4/c1-16(2)21-14-30(10-11-31(21)22(32)8-9-28-25(33)34-5)24-19(13-27)18-12-26(3,4)35-15-20(18)23(29-24)17-6-7-17/h16-17,21H,6-12,14-15H2,1-5H3,(H,28,33). The van der Waals surface area contributed by atoms with Crippen molar-refractivity contribution < 1.29 is 19.1 Å². The number of ether oxygens (including phenoxy) is 2. The molecular weight excluding hydrogens is 446 g/mol. The van der Waals surface area contributed by atoms with Gasteiger partial charge in [0.05, 0.1) is 36.6 Å². The Balaban J connectivity index is 1.59. The number of carbonyl (C=O) groups excluding carboxylic acids is 2. The Bertz CT molecular complexity index is 1030. The second kappa shape index (κ2) is 10.0. The van der Waals surface area contributed by atoms with E-state index in [1.54, 1.807) is 0 Å². The van der Waals surface area contributed by atoms with Crippen LogP contribution >= 0.6 is 0 Å². The van der Waals surface area contributed by atoms with Crippen LogP contribution in [0.3, 0.4) is 0 Å². The number of hydrogen-bond acceptors (Lipinski definition) is 7. The SMILES string of the molecule is COC(=O)NCCC(=O)N1CCN(c2nc(C3CC3)c3c(c2C#N)CC(C)(C)OC3)CC1C(C)C. The van der Waals surface area contributed by atoms with E-state index in [4.69, 9.17) is 9.72 Å². The molecule has 1 saturated heterocycles. The molecule has 0 bridgehead atoms. The van der Waals surface area contributed by atoms with Crippen LogP contribution in [0.2, 0.25) is 0 Å². The highest BCUT2D eigenvalue weighted by atomic mass is 16.5. The van der Waals surface area contributed by atoms with Gasteiger partial charge in [0.1, 0.15) is 11.9 Å². The minimum absolute atomic E-state index is 0.0104. The van der Waals surface area contributed by atoms with Crippen molar-refractivity contribution in [2.45, 2.75) is 77.5 Å². The van der Waals surface area contributed by atoms with Crippen LogP contribution in [0.15, 0.2) is 0 Å². The molecule has 1 N–H and O–H groups in total. The van der Waals surface area contributed by atoms with E-state index in [2.05, 4.69) is 48.7 Å². The molecule has 3 heterocycles. The molecule has 35 heavy (non-hydrogen) atoms. The number of alkyl carbamates (subject to hydrolysis) is 1. The number of anilines is 1. The summed E-state index contributed by atoms with van der Waals surface area (Å²) in [6.07, 6.45) is 2.64. The second-order valence-corrected chi connectivity index (χ2v) is 10.8. The summed E-state index contributed by atoms with van der Waals surface area (Å²) in [5.74, 6) is 1.45. The Morgan fingerprint density at radius 3 is 2.66 bits per heavy atom. The van der Waals surface area contributed by atoms with Crippen molar-refractivity contribution in [2.24, 2.45) is 5.92 Å². The molecule has 2 amide bonds. The summed E-state index contributed by atoms with van der Waals surface area (Å²) in [7, 11) is 1.30. The van der Waals surface area contributed by atoms with Gasteiger partial charge in [-0.25, -0.2) is 9.78 Å². The fourth-order valence-corrected chi connectivity index (χ4v) is 5.19. The molecule has 1 aliphatic carbocycles. The van der Waals surface area contributed by atoms with E-state index < -0.39 is 6.09 Å². The molecule has 0 spiro atoms. The summed E-state index contributed by atoms with van der Waals surface area (Å²) in [4.78, 5) is 33.5. The van der Waals surface area contributed by atoms with Crippen molar-refractivity contribution >= 4 is 17.8 Å². The maximum absolute atomic E-state index is 13.0. The second-order valence-electron chi connectivity index (χ2n) is 10.8. The summed E-state index contributed by atoms with van der Waals surface area (Å²) in [5, 5.41) is 12.8. The molecule has 2 fully saturated rings. The van der Waals surface area contributed by atoms with Crippen molar-refractivity contribution in [3.05, 3.63) is 22.4 Å². The largest absolute Gasteiger partial charge is 0.453 e. The van der Waals surface area contributed by atoms with Crippen molar-refractivity contribution in [1.82, 2.24) is 15.2 Å². The molecule has 9 heteroatoms. The number of nitrogens with one attached hydrogen (secondary N) is 1. The van der Waals surface area contributed by atoms with Crippen LogP contribution in [0.4, 0.5) is 10.6 Å². The third kappa shape index (κ3) is 5.37. The Labute approximate surface area is 207 Å². The Hall–Kier alpha value is -2.86. The van der Waals surface area contributed by atoms with Crippen LogP contribution in [0.1, 0.15) is 75.3 Å². The molecule has 0 radical (unpaired) electrons. The minimum atomic E-state index is -0.536. The Morgan fingerprint density at radius 2 is 2.03 bits per heavy atom. The van der Waals surface area contributed by atoms with Crippen LogP contribution < -0.4 is 10.2 Å². The van der Waals surface area contributed by atoms with E-state index in [-0.39, 0.29) is 36.4 Å². The predicted octanol–water partition coefficient (Wildman–Crippen LogP) is 3.10. The van der Waals surface area contributed by atoms with Gasteiger partial charge in [-0.05, 0) is 38.2 Å². The molecular formula is C26H37N5O4. The number of methoxy groups -OCH3 is 1. The van der Waals surface area contributed by atoms with Crippen LogP contribution in [-0.2, 0) is 27.3 Å². The monoisotopic (exact) mass is 483 g/mol. The number of aromatic nitrogens is 1. The summed E-state index contributed by atoms with van der Waals surface area (Å²) >= 11 is 0. The van der Waals surface area contributed by atoms with Crippen LogP contribution in [0.5, 0.6) is 0 Å². The highest BCUT2D eigenvalue weighted by Crippen LogP contribution is 2.46. The zero-order valence-corrected chi connectivity index (χ0v) is 21.5. The number of nitrogens with zero attached hydrogens (tertiary/aromatic N) is 4. The van der Waals surface area contributed by atoms with E-state index in [1.807, 2.05) is 4.90 Å². The number of rotatable bonds is 6. The molecule has 1 saturated carbocycles. The quantitative estimate of drug-likeness (QED) is 0.662. The average Bonchev–Trinajstić information content (AvgIpc) is 3.67. The first kappa shape index (κ1) is 25.2. The first-order valence-electron chi connectivity index (χ1n) is 12.6. The summed E-state index contributed by atoms with van der Waals surface area (Å²) in [6.45, 7) is 10.9. The van der Waals surface area contributed by atoms with E-state index in [9.17, 15) is 14.9 Å². The minimum Gasteiger partial charge on any atom is -0.453 e. The fourth-order valence-electron chi connectivity index (χ4n) is 5.19. The van der Waals surface area contributed by atoms with Gasteiger partial charge in [0.25, 0.3) is 0 Å². The molecule has 190 valence electrons. The van der Waals surface area contributed by atoms with Crippen LogP contribution in [0, 0.1) is 17.2 Å². The molecule has 3 aliphatic rings. The van der Waals surface area contributed by atoms with Crippen molar-refractivity contribution in [2.75, 3.05) is 38.2 Å². The number of pyridine rings is 1. The molecule has 2 aliphatic heterocycles. The number of fused-ring (bicyclic) bond motifs is 1. The predicted molar refractivity (Wildman–Crippen MR) is 131 cm³/mol. The number of hydrogen-bond donors (Lipinski definition) is 1. The van der Waals surface area contributed by atoms with Gasteiger partial charge in [-0.2, -0.15) is 5.26 Å². The Morgan fingerprint density at radius 1 is 1.29 bits per heavy atom. The van der Waals surface area contributed by atoms with Gasteiger partial charge in [0.15, 0.2) is 0 Å². The van der Waals surface area contributed by atoms with Gasteiger partial charge in [0.2, 0.25) is 5.91 Å². The Kier molecular flexibility index (Phi) is 7.22. The van der Waals surface area contributed by atoms with Gasteiger partial charge >= 0.3 is 6.09 Å². The van der Waals surface area contributed by atoms with Crippen molar-refractivity contribution in [1.29, 1.82) is 5.26 Å². The van der Waals surface area contributed by atoms with Crippen LogP contribution in [-0.4, -0.2) is 66.8 Å². The lowest BCUT2D eigenvalue weighted by atomic mass is 9.87. The van der Waals surface area contributed by atoms with Gasteiger partial charge in [0, 0.05) is 50.5 Å². The van der Waals surface area contributed by atoms with Gasteiger partial charge < -0.3 is 24.6 Å². The van der Waals surface area contributed by atoms with Gasteiger partial charge in [-0.3, -0.25) is 4.79 Å². The van der Waals surface area contributed by atoms with E-state index in [0.717, 1.165) is 35.5 Å². The first-order chi connectivity index (χ1) is 16.6. The lowest BCUT2D eigenvalue weighted by Crippen LogP contribution is -2.58. The summed E-state index contributed by atoms with van der Waals surface area (Å²) in [5.41, 5.74) is 3.63. The number of piperazine rings is 1. The van der Waals surface area contributed by atoms with E-state index in [1.165, 1.54) is 7.11 Å². The van der Waals surface area contributed by atoms with Crippen molar-refractivity contribution in [3.63, 3.8) is 0 Å². The highest BCUT2D eigenvalue weighted by Gasteiger charge is 2.39. The molecule has 1 aromatic heterocycles. The summed E-state index contributed by atoms with van der Waals surface area (Å²) < 4.78 is 10.7. The van der Waals surface area contributed by atoms with Crippen LogP contribution in [0.25, 0.3) is 0 Å². The molecule has 1 atom stereocenters. The first-order valence-corrected chi connectivity index (χ1v) is 12.6. The topological polar surface area (TPSA) is 108 Å². The fraction of sp³-hybridized carbons (Fsp3) is 0.692. The molecule has 4 rings (SSSR count). The van der Waals surface area contributed by atoms with Gasteiger partial charge in [-0.15, -0.1) is 0 Å². The molecule has 1 aromatic rings. The number of carbonyl (C=O) groups is 2. The zero-order chi connectivity index (χ0) is 25.3. The molecule has 9 nitrogen and oxygen atoms in total. The molecule has 1 unspecified atom stereocenters. The third-order valence-electron chi connectivity index (χ3n) is 7.31. The number of nitriles is 1. The number of amides is 2. The van der Waals surface area contributed by atoms with E-state index in [0.29, 0.717) is 44.1 Å². The van der Waals surface area contributed by atoms with E-state index >= 15 is 0 Å². The highest BCUT2D eigenvalue weighted by molar-refractivity contribution is 5.78. The van der Waals surface area contributed by atoms with Crippen molar-refractivity contribution in [3.8, 4) is 6.07 Å². The third-order valence-corrected chi connectivity index (χ3v) is 7.31. The lowest BCUT2D eigenvalue weighted by molar-refractivity contribution is -0.134. The smallest absolute Gasteiger partial charge is 0.406 e. The average molecular weight is 484 g/mol. The lowest BCUT2D eigenvalue weighted by Gasteiger charge is -2.44. The normalized spacial score (nSPS) is 21.3. The van der Waals surface area contributed by atoms with Gasteiger partial charge in [-0.1, -0.05) is 13.8 Å². The molecule has 0 aromatic carbocycles. The maximum Gasteiger partial charge on any atom is 0.406 e.